The Morgan fingerprint density at radius 2 is 1.60 bits per heavy atom. The number of nitrogens with zero attached hydrogens (tertiary/aromatic N) is 1. The molecule has 4 nitrogen and oxygen atoms in total. The lowest BCUT2D eigenvalue weighted by molar-refractivity contribution is -0.178. The van der Waals surface area contributed by atoms with Crippen LogP contribution in [0.15, 0.2) is 0 Å². The molecular formula is C21H31NO3. The zero-order valence-electron chi connectivity index (χ0n) is 15.6. The fraction of sp³-hybridized carbons (Fsp3) is 0.905. The predicted octanol–water partition coefficient (Wildman–Crippen LogP) is 3.55. The number of carbonyl (C=O) groups is 2. The molecule has 25 heavy (non-hydrogen) atoms. The Morgan fingerprint density at radius 3 is 2.12 bits per heavy atom. The second kappa shape index (κ2) is 4.80. The molecule has 6 rings (SSSR count). The van der Waals surface area contributed by atoms with Crippen LogP contribution in [0.1, 0.15) is 65.2 Å². The lowest BCUT2D eigenvalue weighted by atomic mass is 9.40. The van der Waals surface area contributed by atoms with Crippen LogP contribution in [0.3, 0.4) is 0 Å². The van der Waals surface area contributed by atoms with E-state index in [-0.39, 0.29) is 17.3 Å². The van der Waals surface area contributed by atoms with Crippen molar-refractivity contribution in [2.45, 2.75) is 65.2 Å². The van der Waals surface area contributed by atoms with Crippen molar-refractivity contribution in [3.8, 4) is 0 Å². The predicted molar refractivity (Wildman–Crippen MR) is 93.8 cm³/mol. The molecule has 2 unspecified atom stereocenters. The van der Waals surface area contributed by atoms with Crippen molar-refractivity contribution < 1.29 is 14.7 Å². The van der Waals surface area contributed by atoms with Crippen molar-refractivity contribution in [3.05, 3.63) is 0 Å². The third kappa shape index (κ3) is 2.39. The summed E-state index contributed by atoms with van der Waals surface area (Å²) in [6, 6.07) is 0. The average Bonchev–Trinajstić information content (AvgIpc) is 3.21. The van der Waals surface area contributed by atoms with Crippen LogP contribution in [0.5, 0.6) is 0 Å². The molecule has 138 valence electrons. The maximum Gasteiger partial charge on any atom is 0.308 e. The highest BCUT2D eigenvalue weighted by molar-refractivity contribution is 5.85. The first kappa shape index (κ1) is 16.1. The maximum atomic E-state index is 13.7. The molecule has 5 saturated carbocycles. The van der Waals surface area contributed by atoms with E-state index in [0.717, 1.165) is 32.1 Å². The van der Waals surface area contributed by atoms with Crippen molar-refractivity contribution in [2.75, 3.05) is 13.1 Å². The van der Waals surface area contributed by atoms with E-state index in [1.54, 1.807) is 0 Å². The first-order valence-corrected chi connectivity index (χ1v) is 10.2. The van der Waals surface area contributed by atoms with Gasteiger partial charge in [-0.05, 0) is 80.0 Å². The summed E-state index contributed by atoms with van der Waals surface area (Å²) in [5.41, 5.74) is 0.460. The van der Waals surface area contributed by atoms with Gasteiger partial charge in [0.05, 0.1) is 11.3 Å². The highest BCUT2D eigenvalue weighted by Gasteiger charge is 2.64. The first-order valence-electron chi connectivity index (χ1n) is 10.2. The highest BCUT2D eigenvalue weighted by atomic mass is 16.4. The average molecular weight is 345 g/mol. The monoisotopic (exact) mass is 345 g/mol. The zero-order valence-corrected chi connectivity index (χ0v) is 15.6. The van der Waals surface area contributed by atoms with Gasteiger partial charge in [-0.2, -0.15) is 0 Å². The summed E-state index contributed by atoms with van der Waals surface area (Å²) in [6.07, 6.45) is 9.29. The van der Waals surface area contributed by atoms with E-state index in [0.29, 0.717) is 41.7 Å². The Hall–Kier alpha value is -1.06. The fourth-order valence-electron chi connectivity index (χ4n) is 8.28. The standard InChI is InChI=1S/C21H31NO3/c1-19-5-13-6-20(2,10-19)12-21(7-13,11-19)18(25)22-8-15(14-3-4-14)16(9-22)17(23)24/h13-16H,3-12H2,1-2H3,(H,23,24)/t13?,15-,16+,19?,20?,21?/m1/s1. The molecule has 0 aromatic heterocycles. The normalized spacial score (nSPS) is 51.1. The minimum atomic E-state index is -0.698. The van der Waals surface area contributed by atoms with Crippen molar-refractivity contribution >= 4 is 11.9 Å². The Kier molecular flexibility index (Phi) is 3.10. The van der Waals surface area contributed by atoms with E-state index in [2.05, 4.69) is 13.8 Å². The molecule has 0 spiro atoms. The van der Waals surface area contributed by atoms with Gasteiger partial charge >= 0.3 is 5.97 Å². The van der Waals surface area contributed by atoms with Crippen LogP contribution in [0, 0.1) is 39.9 Å². The summed E-state index contributed by atoms with van der Waals surface area (Å²) in [4.78, 5) is 27.4. The molecule has 4 bridgehead atoms. The van der Waals surface area contributed by atoms with Crippen molar-refractivity contribution in [1.29, 1.82) is 0 Å². The van der Waals surface area contributed by atoms with Gasteiger partial charge in [0.25, 0.3) is 0 Å². The lowest BCUT2D eigenvalue weighted by Gasteiger charge is -2.65. The number of carboxylic acid groups (broad SMARTS) is 1. The van der Waals surface area contributed by atoms with Gasteiger partial charge in [0.1, 0.15) is 0 Å². The van der Waals surface area contributed by atoms with E-state index in [9.17, 15) is 14.7 Å². The van der Waals surface area contributed by atoms with Crippen molar-refractivity contribution in [1.82, 2.24) is 4.90 Å². The summed E-state index contributed by atoms with van der Waals surface area (Å²) < 4.78 is 0. The molecular weight excluding hydrogens is 314 g/mol. The first-order chi connectivity index (χ1) is 11.7. The summed E-state index contributed by atoms with van der Waals surface area (Å²) in [5, 5.41) is 9.64. The van der Waals surface area contributed by atoms with Gasteiger partial charge < -0.3 is 10.0 Å². The molecule has 0 aromatic rings. The molecule has 0 aromatic carbocycles. The molecule has 4 atom stereocenters. The van der Waals surface area contributed by atoms with Gasteiger partial charge in [-0.3, -0.25) is 9.59 Å². The zero-order chi connectivity index (χ0) is 17.6. The van der Waals surface area contributed by atoms with Crippen LogP contribution in [-0.2, 0) is 9.59 Å². The summed E-state index contributed by atoms with van der Waals surface area (Å²) in [5.74, 6) is 0.718. The number of hydrogen-bond donors (Lipinski definition) is 1. The second-order valence-electron chi connectivity index (χ2n) is 11.1. The fourth-order valence-corrected chi connectivity index (χ4v) is 8.28. The van der Waals surface area contributed by atoms with Crippen LogP contribution in [0.25, 0.3) is 0 Å². The molecule has 4 heteroatoms. The highest BCUT2D eigenvalue weighted by Crippen LogP contribution is 2.70. The largest absolute Gasteiger partial charge is 0.481 e. The van der Waals surface area contributed by atoms with E-state index >= 15 is 0 Å². The third-order valence-corrected chi connectivity index (χ3v) is 8.28. The number of likely N-dealkylation sites (tertiary alicyclic amines) is 1. The molecule has 1 N–H and O–H groups in total. The minimum Gasteiger partial charge on any atom is -0.481 e. The summed E-state index contributed by atoms with van der Waals surface area (Å²) in [6.45, 7) is 5.94. The van der Waals surface area contributed by atoms with Gasteiger partial charge in [0, 0.05) is 13.1 Å². The van der Waals surface area contributed by atoms with Crippen molar-refractivity contribution in [3.63, 3.8) is 0 Å². The Labute approximate surface area is 150 Å². The smallest absolute Gasteiger partial charge is 0.308 e. The van der Waals surface area contributed by atoms with Crippen LogP contribution >= 0.6 is 0 Å². The molecule has 5 aliphatic carbocycles. The molecule has 1 aliphatic heterocycles. The van der Waals surface area contributed by atoms with Crippen molar-refractivity contribution in [2.24, 2.45) is 39.9 Å². The van der Waals surface area contributed by atoms with Crippen LogP contribution in [0.2, 0.25) is 0 Å². The summed E-state index contributed by atoms with van der Waals surface area (Å²) >= 11 is 0. The second-order valence-corrected chi connectivity index (χ2v) is 11.1. The Bertz CT molecular complexity index is 621. The van der Waals surface area contributed by atoms with Gasteiger partial charge in [-0.1, -0.05) is 13.8 Å². The van der Waals surface area contributed by atoms with Crippen LogP contribution < -0.4 is 0 Å². The van der Waals surface area contributed by atoms with Gasteiger partial charge in [0.2, 0.25) is 5.91 Å². The Balaban J connectivity index is 1.42. The maximum absolute atomic E-state index is 13.7. The number of carboxylic acids is 1. The van der Waals surface area contributed by atoms with E-state index < -0.39 is 5.97 Å². The quantitative estimate of drug-likeness (QED) is 0.851. The van der Waals surface area contributed by atoms with Gasteiger partial charge in [0.15, 0.2) is 0 Å². The van der Waals surface area contributed by atoms with E-state index in [1.165, 1.54) is 19.3 Å². The molecule has 1 heterocycles. The summed E-state index contributed by atoms with van der Waals surface area (Å²) in [7, 11) is 0. The molecule has 6 aliphatic rings. The number of aliphatic carboxylic acids is 1. The number of amides is 1. The van der Waals surface area contributed by atoms with Crippen LogP contribution in [-0.4, -0.2) is 35.0 Å². The lowest BCUT2D eigenvalue weighted by Crippen LogP contribution is -2.60. The van der Waals surface area contributed by atoms with Crippen LogP contribution in [0.4, 0.5) is 0 Å². The molecule has 6 fully saturated rings. The van der Waals surface area contributed by atoms with E-state index in [1.807, 2.05) is 4.90 Å². The number of rotatable bonds is 3. The van der Waals surface area contributed by atoms with Gasteiger partial charge in [-0.15, -0.1) is 0 Å². The number of hydrogen-bond acceptors (Lipinski definition) is 2. The minimum absolute atomic E-state index is 0.190. The third-order valence-electron chi connectivity index (χ3n) is 8.28. The molecule has 1 amide bonds. The molecule has 1 saturated heterocycles. The Morgan fingerprint density at radius 1 is 0.960 bits per heavy atom. The number of carbonyl (C=O) groups excluding carboxylic acids is 1. The molecule has 0 radical (unpaired) electrons. The van der Waals surface area contributed by atoms with Gasteiger partial charge in [-0.25, -0.2) is 0 Å². The van der Waals surface area contributed by atoms with E-state index in [4.69, 9.17) is 0 Å². The topological polar surface area (TPSA) is 57.6 Å². The SMILES string of the molecule is CC12CC3CC(C)(C1)CC(C(=O)N1C[C@H](C(=O)O)[C@@H](C4CC4)C1)(C3)C2.